The fraction of sp³-hybridized carbons (Fsp3) is 0.357. The van der Waals surface area contributed by atoms with Gasteiger partial charge < -0.3 is 4.74 Å². The number of esters is 1. The van der Waals surface area contributed by atoms with E-state index in [9.17, 15) is 18.0 Å². The summed E-state index contributed by atoms with van der Waals surface area (Å²) in [5, 5.41) is 0.656. The molecule has 0 atom stereocenters. The Hall–Kier alpha value is -1.56. The third kappa shape index (κ3) is 1.82. The molecule has 1 aromatic heterocycles. The number of thiophene rings is 1. The molecule has 1 fully saturated rings. The first-order valence-corrected chi connectivity index (χ1v) is 6.89. The van der Waals surface area contributed by atoms with E-state index in [0.717, 1.165) is 11.3 Å². The van der Waals surface area contributed by atoms with E-state index in [2.05, 4.69) is 4.74 Å². The van der Waals surface area contributed by atoms with Crippen molar-refractivity contribution in [1.82, 2.24) is 0 Å². The molecule has 0 amide bonds. The minimum Gasteiger partial charge on any atom is -0.465 e. The average Bonchev–Trinajstić information content (AvgIpc) is 3.10. The molecule has 1 aliphatic carbocycles. The monoisotopic (exact) mass is 300 g/mol. The zero-order valence-electron chi connectivity index (χ0n) is 10.6. The highest BCUT2D eigenvalue weighted by Gasteiger charge is 2.64. The second-order valence-electron chi connectivity index (χ2n) is 4.91. The van der Waals surface area contributed by atoms with Gasteiger partial charge in [-0.3, -0.25) is 0 Å². The van der Waals surface area contributed by atoms with Gasteiger partial charge in [-0.05, 0) is 29.9 Å². The van der Waals surface area contributed by atoms with Crippen molar-refractivity contribution >= 4 is 27.4 Å². The van der Waals surface area contributed by atoms with Crippen molar-refractivity contribution in [3.8, 4) is 0 Å². The largest absolute Gasteiger partial charge is 0.465 e. The summed E-state index contributed by atoms with van der Waals surface area (Å²) in [4.78, 5) is 11.8. The summed E-state index contributed by atoms with van der Waals surface area (Å²) in [6.45, 7) is 0. The fourth-order valence-corrected chi connectivity index (χ4v) is 3.66. The molecule has 1 aromatic carbocycles. The van der Waals surface area contributed by atoms with Gasteiger partial charge in [-0.15, -0.1) is 11.3 Å². The number of ether oxygens (including phenoxy) is 1. The Morgan fingerprint density at radius 2 is 2.05 bits per heavy atom. The highest BCUT2D eigenvalue weighted by atomic mass is 32.1. The first kappa shape index (κ1) is 13.4. The average molecular weight is 300 g/mol. The summed E-state index contributed by atoms with van der Waals surface area (Å²) in [5.74, 6) is -0.519. The molecule has 0 bridgehead atoms. The van der Waals surface area contributed by atoms with E-state index in [0.29, 0.717) is 15.0 Å². The van der Waals surface area contributed by atoms with Crippen LogP contribution in [0.25, 0.3) is 10.1 Å². The Balaban J connectivity index is 2.18. The summed E-state index contributed by atoms with van der Waals surface area (Å²) in [6, 6.07) is 6.42. The van der Waals surface area contributed by atoms with Crippen LogP contribution in [0, 0.1) is 0 Å². The van der Waals surface area contributed by atoms with Gasteiger partial charge in [-0.2, -0.15) is 13.2 Å². The Kier molecular flexibility index (Phi) is 2.83. The number of alkyl halides is 3. The van der Waals surface area contributed by atoms with Crippen LogP contribution in [0.1, 0.15) is 28.1 Å². The van der Waals surface area contributed by atoms with E-state index in [1.165, 1.54) is 13.2 Å². The minimum absolute atomic E-state index is 0.112. The maximum absolute atomic E-state index is 13.3. The van der Waals surface area contributed by atoms with Gasteiger partial charge in [0.2, 0.25) is 0 Å². The van der Waals surface area contributed by atoms with E-state index >= 15 is 0 Å². The van der Waals surface area contributed by atoms with Crippen LogP contribution in [-0.2, 0) is 10.2 Å². The van der Waals surface area contributed by atoms with Crippen LogP contribution >= 0.6 is 11.3 Å². The lowest BCUT2D eigenvalue weighted by atomic mass is 9.94. The number of methoxy groups -OCH3 is 1. The van der Waals surface area contributed by atoms with Crippen LogP contribution in [0.15, 0.2) is 24.3 Å². The third-order valence-corrected chi connectivity index (χ3v) is 4.90. The molecule has 0 aliphatic heterocycles. The Morgan fingerprint density at radius 1 is 1.35 bits per heavy atom. The van der Waals surface area contributed by atoms with E-state index in [-0.39, 0.29) is 18.4 Å². The van der Waals surface area contributed by atoms with Gasteiger partial charge in [0, 0.05) is 4.70 Å². The Morgan fingerprint density at radius 3 is 2.60 bits per heavy atom. The van der Waals surface area contributed by atoms with Crippen molar-refractivity contribution in [1.29, 1.82) is 0 Å². The van der Waals surface area contributed by atoms with E-state index in [4.69, 9.17) is 0 Å². The molecule has 2 aromatic rings. The van der Waals surface area contributed by atoms with Crippen LogP contribution in [0.2, 0.25) is 0 Å². The summed E-state index contributed by atoms with van der Waals surface area (Å²) in [7, 11) is 1.26. The number of carbonyl (C=O) groups excluding carboxylic acids is 1. The standard InChI is InChI=1S/C14H11F3O2S/c1-19-12(18)10-7-8-3-2-4-9(11(8)20-10)13(5-6-13)14(15,16)17/h2-4,7H,5-6H2,1H3. The predicted molar refractivity (Wildman–Crippen MR) is 70.1 cm³/mol. The summed E-state index contributed by atoms with van der Waals surface area (Å²) < 4.78 is 44.9. The van der Waals surface area contributed by atoms with E-state index < -0.39 is 17.6 Å². The summed E-state index contributed by atoms with van der Waals surface area (Å²) >= 11 is 1.07. The zero-order valence-corrected chi connectivity index (χ0v) is 11.4. The Labute approximate surface area is 117 Å². The second-order valence-corrected chi connectivity index (χ2v) is 5.96. The number of fused-ring (bicyclic) bond motifs is 1. The lowest BCUT2D eigenvalue weighted by molar-refractivity contribution is -0.160. The molecule has 106 valence electrons. The topological polar surface area (TPSA) is 26.3 Å². The predicted octanol–water partition coefficient (Wildman–Crippen LogP) is 4.28. The molecular formula is C14H11F3O2S. The minimum atomic E-state index is -4.25. The van der Waals surface area contributed by atoms with Gasteiger partial charge in [0.1, 0.15) is 4.88 Å². The van der Waals surface area contributed by atoms with Crippen LogP contribution in [0.5, 0.6) is 0 Å². The smallest absolute Gasteiger partial charge is 0.398 e. The number of halogens is 3. The SMILES string of the molecule is COC(=O)c1cc2cccc(C3(C(F)(F)F)CC3)c2s1. The number of hydrogen-bond acceptors (Lipinski definition) is 3. The van der Waals surface area contributed by atoms with Gasteiger partial charge in [-0.25, -0.2) is 4.79 Å². The molecule has 1 aliphatic rings. The van der Waals surface area contributed by atoms with Crippen LogP contribution in [0.4, 0.5) is 13.2 Å². The summed E-state index contributed by atoms with van der Waals surface area (Å²) in [5.41, 5.74) is -1.45. The van der Waals surface area contributed by atoms with Gasteiger partial charge in [0.15, 0.2) is 0 Å². The quantitative estimate of drug-likeness (QED) is 0.774. The maximum Gasteiger partial charge on any atom is 0.398 e. The highest BCUT2D eigenvalue weighted by Crippen LogP contribution is 2.60. The van der Waals surface area contributed by atoms with E-state index in [1.54, 1.807) is 18.2 Å². The lowest BCUT2D eigenvalue weighted by Gasteiger charge is -2.20. The van der Waals surface area contributed by atoms with Crippen LogP contribution in [0.3, 0.4) is 0 Å². The molecule has 3 rings (SSSR count). The first-order chi connectivity index (χ1) is 9.39. The van der Waals surface area contributed by atoms with Crippen molar-refractivity contribution in [3.63, 3.8) is 0 Å². The molecule has 1 saturated carbocycles. The van der Waals surface area contributed by atoms with Crippen LogP contribution < -0.4 is 0 Å². The molecule has 0 spiro atoms. The van der Waals surface area contributed by atoms with Crippen molar-refractivity contribution in [3.05, 3.63) is 34.7 Å². The lowest BCUT2D eigenvalue weighted by Crippen LogP contribution is -2.28. The zero-order chi connectivity index (χ0) is 14.5. The molecule has 0 N–H and O–H groups in total. The molecule has 0 radical (unpaired) electrons. The molecular weight excluding hydrogens is 289 g/mol. The maximum atomic E-state index is 13.3. The molecule has 0 saturated heterocycles. The number of benzene rings is 1. The summed E-state index contributed by atoms with van der Waals surface area (Å²) in [6.07, 6.45) is -4.03. The van der Waals surface area contributed by atoms with Crippen molar-refractivity contribution in [2.45, 2.75) is 24.4 Å². The fourth-order valence-electron chi connectivity index (χ4n) is 2.47. The van der Waals surface area contributed by atoms with Gasteiger partial charge in [0.05, 0.1) is 12.5 Å². The van der Waals surface area contributed by atoms with Gasteiger partial charge >= 0.3 is 12.1 Å². The number of carbonyl (C=O) groups is 1. The Bertz CT molecular complexity index is 683. The van der Waals surface area contributed by atoms with Crippen molar-refractivity contribution in [2.24, 2.45) is 0 Å². The number of rotatable bonds is 2. The van der Waals surface area contributed by atoms with Crippen molar-refractivity contribution in [2.75, 3.05) is 7.11 Å². The van der Waals surface area contributed by atoms with Crippen LogP contribution in [-0.4, -0.2) is 19.3 Å². The number of hydrogen-bond donors (Lipinski definition) is 0. The molecule has 6 heteroatoms. The van der Waals surface area contributed by atoms with E-state index in [1.807, 2.05) is 0 Å². The van der Waals surface area contributed by atoms with Gasteiger partial charge in [-0.1, -0.05) is 18.2 Å². The highest BCUT2D eigenvalue weighted by molar-refractivity contribution is 7.21. The normalized spacial score (nSPS) is 17.2. The molecule has 2 nitrogen and oxygen atoms in total. The van der Waals surface area contributed by atoms with Gasteiger partial charge in [0.25, 0.3) is 0 Å². The molecule has 20 heavy (non-hydrogen) atoms. The molecule has 1 heterocycles. The third-order valence-electron chi connectivity index (χ3n) is 3.74. The second kappa shape index (κ2) is 4.22. The van der Waals surface area contributed by atoms with Crippen molar-refractivity contribution < 1.29 is 22.7 Å². The first-order valence-electron chi connectivity index (χ1n) is 6.07. The molecule has 0 unspecified atom stereocenters.